The quantitative estimate of drug-likeness (QED) is 0.402. The number of carbonyl (C=O) groups is 1. The van der Waals surface area contributed by atoms with Crippen LogP contribution in [-0.4, -0.2) is 41.1 Å². The highest BCUT2D eigenvalue weighted by molar-refractivity contribution is 7.92. The van der Waals surface area contributed by atoms with Gasteiger partial charge in [0.1, 0.15) is 5.60 Å². The minimum absolute atomic E-state index is 0.000795. The highest BCUT2D eigenvalue weighted by Gasteiger charge is 2.46. The Morgan fingerprint density at radius 3 is 2.26 bits per heavy atom. The highest BCUT2D eigenvalue weighted by atomic mass is 32.2. The summed E-state index contributed by atoms with van der Waals surface area (Å²) >= 11 is 1.46. The molecule has 6 nitrogen and oxygen atoms in total. The molecule has 34 heavy (non-hydrogen) atoms. The highest BCUT2D eigenvalue weighted by Crippen LogP contribution is 2.30. The van der Waals surface area contributed by atoms with E-state index in [-0.39, 0.29) is 13.0 Å². The number of esters is 1. The molecule has 1 aromatic heterocycles. The number of carbonyl (C=O) groups excluding carboxylic acids is 1. The molecule has 3 rings (SSSR count). The van der Waals surface area contributed by atoms with E-state index in [0.29, 0.717) is 6.42 Å². The van der Waals surface area contributed by atoms with Crippen molar-refractivity contribution in [3.05, 3.63) is 64.2 Å². The number of nitrogens with zero attached hydrogens (tertiary/aromatic N) is 1. The van der Waals surface area contributed by atoms with Crippen molar-refractivity contribution in [2.45, 2.75) is 57.5 Å². The van der Waals surface area contributed by atoms with Gasteiger partial charge in [-0.1, -0.05) is 24.0 Å². The van der Waals surface area contributed by atoms with Crippen LogP contribution in [0.2, 0.25) is 0 Å². The smallest absolute Gasteiger partial charge is 0.327 e. The van der Waals surface area contributed by atoms with Gasteiger partial charge in [0.15, 0.2) is 14.6 Å². The van der Waals surface area contributed by atoms with E-state index in [0.717, 1.165) is 38.2 Å². The third-order valence-corrected chi connectivity index (χ3v) is 8.47. The van der Waals surface area contributed by atoms with Gasteiger partial charge in [-0.3, -0.25) is 4.79 Å². The Hall–Kier alpha value is -2.73. The van der Waals surface area contributed by atoms with Gasteiger partial charge >= 0.3 is 5.97 Å². The molecule has 1 unspecified atom stereocenters. The molecular weight excluding hydrogens is 470 g/mol. The largest absolute Gasteiger partial charge is 0.459 e. The summed E-state index contributed by atoms with van der Waals surface area (Å²) in [6, 6.07) is 13.1. The summed E-state index contributed by atoms with van der Waals surface area (Å²) in [5.74, 6) is 5.51. The van der Waals surface area contributed by atoms with Crippen LogP contribution in [0.1, 0.15) is 55.8 Å². The summed E-state index contributed by atoms with van der Waals surface area (Å²) in [4.78, 5) is 17.4. The van der Waals surface area contributed by atoms with Crippen molar-refractivity contribution in [1.29, 1.82) is 0 Å². The second-order valence-electron chi connectivity index (χ2n) is 9.40. The molecule has 3 aromatic rings. The summed E-state index contributed by atoms with van der Waals surface area (Å²) in [6.45, 7) is 6.56. The van der Waals surface area contributed by atoms with Gasteiger partial charge in [-0.05, 0) is 70.0 Å². The fourth-order valence-electron chi connectivity index (χ4n) is 3.17. The molecule has 0 aliphatic heterocycles. The lowest BCUT2D eigenvalue weighted by molar-refractivity contribution is -0.157. The molecule has 0 aliphatic rings. The zero-order valence-corrected chi connectivity index (χ0v) is 21.6. The third kappa shape index (κ3) is 6.23. The molecule has 0 aliphatic carbocycles. The molecule has 0 saturated heterocycles. The Balaban J connectivity index is 1.79. The van der Waals surface area contributed by atoms with Crippen molar-refractivity contribution in [1.82, 2.24) is 4.98 Å². The first-order valence-electron chi connectivity index (χ1n) is 10.8. The van der Waals surface area contributed by atoms with Crippen LogP contribution in [0, 0.1) is 11.8 Å². The fraction of sp³-hybridized carbons (Fsp3) is 0.385. The number of ether oxygens (including phenoxy) is 1. The molecule has 0 bridgehead atoms. The molecule has 0 spiro atoms. The Kier molecular flexibility index (Phi) is 7.51. The zero-order valence-electron chi connectivity index (χ0n) is 20.0. The number of fused-ring (bicyclic) bond motifs is 1. The molecule has 1 atom stereocenters. The van der Waals surface area contributed by atoms with Gasteiger partial charge in [-0.2, -0.15) is 0 Å². The van der Waals surface area contributed by atoms with Crippen molar-refractivity contribution in [2.75, 3.05) is 6.26 Å². The van der Waals surface area contributed by atoms with E-state index in [4.69, 9.17) is 9.84 Å². The lowest BCUT2D eigenvalue weighted by Crippen LogP contribution is -2.47. The second kappa shape index (κ2) is 9.87. The van der Waals surface area contributed by atoms with Gasteiger partial charge in [-0.25, -0.2) is 13.4 Å². The summed E-state index contributed by atoms with van der Waals surface area (Å²) in [5.41, 5.74) is 2.55. The number of aliphatic hydroxyl groups is 1. The predicted molar refractivity (Wildman–Crippen MR) is 135 cm³/mol. The first kappa shape index (κ1) is 25.9. The molecule has 0 fully saturated rings. The monoisotopic (exact) mass is 499 g/mol. The first-order valence-corrected chi connectivity index (χ1v) is 13.6. The molecule has 0 amide bonds. The van der Waals surface area contributed by atoms with Gasteiger partial charge in [0.2, 0.25) is 0 Å². The summed E-state index contributed by atoms with van der Waals surface area (Å²) < 4.78 is 29.7. The first-order chi connectivity index (χ1) is 15.8. The van der Waals surface area contributed by atoms with Gasteiger partial charge in [0.25, 0.3) is 0 Å². The van der Waals surface area contributed by atoms with Gasteiger partial charge in [0, 0.05) is 23.8 Å². The predicted octanol–water partition coefficient (Wildman–Crippen LogP) is 4.27. The molecule has 1 N–H and O–H groups in total. The van der Waals surface area contributed by atoms with Crippen molar-refractivity contribution in [2.24, 2.45) is 0 Å². The van der Waals surface area contributed by atoms with Gasteiger partial charge < -0.3 is 9.84 Å². The van der Waals surface area contributed by atoms with Gasteiger partial charge in [0.05, 0.1) is 21.8 Å². The molecule has 2 aromatic carbocycles. The maximum atomic E-state index is 12.7. The zero-order chi connectivity index (χ0) is 25.1. The number of aliphatic hydroxyl groups excluding tert-OH is 1. The lowest BCUT2D eigenvalue weighted by atomic mass is 10.0. The van der Waals surface area contributed by atoms with E-state index in [1.54, 1.807) is 20.8 Å². The average molecular weight is 500 g/mol. The van der Waals surface area contributed by atoms with Crippen LogP contribution in [-0.2, 0) is 32.4 Å². The van der Waals surface area contributed by atoms with Gasteiger partial charge in [-0.15, -0.1) is 11.3 Å². The SMILES string of the molecule is CC(C)(C)OC(=O)C(C)(CCc1nc2ccc(C#Cc3ccc(CO)cc3)cc2s1)S(C)(=O)=O. The average Bonchev–Trinajstić information content (AvgIpc) is 3.16. The normalized spacial score (nSPS) is 13.7. The Morgan fingerprint density at radius 2 is 1.68 bits per heavy atom. The molecule has 0 saturated carbocycles. The minimum atomic E-state index is -3.71. The maximum absolute atomic E-state index is 12.7. The third-order valence-electron chi connectivity index (χ3n) is 5.39. The number of sulfone groups is 1. The lowest BCUT2D eigenvalue weighted by Gasteiger charge is -2.29. The molecule has 1 heterocycles. The van der Waals surface area contributed by atoms with Crippen LogP contribution in [0.25, 0.3) is 10.2 Å². The topological polar surface area (TPSA) is 93.6 Å². The number of rotatable bonds is 6. The summed E-state index contributed by atoms with van der Waals surface area (Å²) in [6.07, 6.45) is 1.48. The summed E-state index contributed by atoms with van der Waals surface area (Å²) in [7, 11) is -3.71. The van der Waals surface area contributed by atoms with E-state index in [2.05, 4.69) is 16.8 Å². The van der Waals surface area contributed by atoms with Crippen LogP contribution in [0.5, 0.6) is 0 Å². The van der Waals surface area contributed by atoms with Crippen molar-refractivity contribution < 1.29 is 23.1 Å². The Labute approximate surface area is 204 Å². The number of benzene rings is 2. The van der Waals surface area contributed by atoms with Crippen LogP contribution >= 0.6 is 11.3 Å². The summed E-state index contributed by atoms with van der Waals surface area (Å²) in [5, 5.41) is 9.89. The molecule has 0 radical (unpaired) electrons. The van der Waals surface area contributed by atoms with E-state index in [1.807, 2.05) is 42.5 Å². The Morgan fingerprint density at radius 1 is 1.06 bits per heavy atom. The standard InChI is InChI=1S/C26H29NO5S2/c1-25(2,3)32-24(29)26(4,34(5,30)31)15-14-23-27-21-13-12-19(16-22(21)33-23)9-6-18-7-10-20(17-28)11-8-18/h7-8,10-13,16,28H,14-15,17H2,1-5H3. The number of aryl methyl sites for hydroxylation is 1. The van der Waals surface area contributed by atoms with Crippen molar-refractivity contribution in [3.63, 3.8) is 0 Å². The number of hydrogen-bond acceptors (Lipinski definition) is 7. The molecular formula is C26H29NO5S2. The Bertz CT molecular complexity index is 1360. The van der Waals surface area contributed by atoms with Crippen molar-refractivity contribution >= 4 is 37.4 Å². The van der Waals surface area contributed by atoms with Crippen LogP contribution in [0.4, 0.5) is 0 Å². The van der Waals surface area contributed by atoms with Crippen LogP contribution in [0.3, 0.4) is 0 Å². The molecule has 180 valence electrons. The van der Waals surface area contributed by atoms with E-state index >= 15 is 0 Å². The number of thiazole rings is 1. The minimum Gasteiger partial charge on any atom is -0.459 e. The molecule has 8 heteroatoms. The van der Waals surface area contributed by atoms with Crippen LogP contribution in [0.15, 0.2) is 42.5 Å². The number of aromatic nitrogens is 1. The second-order valence-corrected chi connectivity index (χ2v) is 13.0. The maximum Gasteiger partial charge on any atom is 0.327 e. The van der Waals surface area contributed by atoms with E-state index in [9.17, 15) is 13.2 Å². The fourth-order valence-corrected chi connectivity index (χ4v) is 4.99. The van der Waals surface area contributed by atoms with E-state index < -0.39 is 26.2 Å². The number of hydrogen-bond donors (Lipinski definition) is 1. The van der Waals surface area contributed by atoms with E-state index in [1.165, 1.54) is 18.3 Å². The van der Waals surface area contributed by atoms with Crippen LogP contribution < -0.4 is 0 Å². The van der Waals surface area contributed by atoms with Crippen molar-refractivity contribution in [3.8, 4) is 11.8 Å².